The normalized spacial score (nSPS) is 44.2. The number of hydrogen-bond donors (Lipinski definition) is 2. The molecular formula is C31H42N2O4. The van der Waals surface area contributed by atoms with E-state index in [1.165, 1.54) is 0 Å². The van der Waals surface area contributed by atoms with Crippen LogP contribution in [0.25, 0.3) is 0 Å². The van der Waals surface area contributed by atoms with Crippen LogP contribution in [-0.2, 0) is 14.4 Å². The van der Waals surface area contributed by atoms with E-state index < -0.39 is 10.8 Å². The summed E-state index contributed by atoms with van der Waals surface area (Å²) in [5.41, 5.74) is 0.0676. The molecule has 0 aromatic heterocycles. The van der Waals surface area contributed by atoms with Gasteiger partial charge in [-0.05, 0) is 79.6 Å². The van der Waals surface area contributed by atoms with Crippen LogP contribution in [0.4, 0.5) is 0 Å². The SMILES string of the molecule is CC12CCC(C(=O)NCCO)CC1C1C(=O)C=C3C4(C)C=C(C#N)C(=O)C(C)(C)C4CCC3(C)C1CC2. The lowest BCUT2D eigenvalue weighted by atomic mass is 9.39. The minimum absolute atomic E-state index is 0.000202. The van der Waals surface area contributed by atoms with E-state index in [1.54, 1.807) is 0 Å². The van der Waals surface area contributed by atoms with Crippen molar-refractivity contribution < 1.29 is 19.5 Å². The molecule has 6 heteroatoms. The molecule has 37 heavy (non-hydrogen) atoms. The van der Waals surface area contributed by atoms with Crippen molar-refractivity contribution in [1.82, 2.24) is 5.32 Å². The number of carbonyl (C=O) groups excluding carboxylic acids is 3. The zero-order valence-electron chi connectivity index (χ0n) is 23.0. The van der Waals surface area contributed by atoms with Crippen molar-refractivity contribution in [2.45, 2.75) is 79.6 Å². The Kier molecular flexibility index (Phi) is 6.15. The highest BCUT2D eigenvalue weighted by atomic mass is 16.3. The van der Waals surface area contributed by atoms with Crippen molar-refractivity contribution in [3.8, 4) is 6.07 Å². The molecule has 2 N–H and O–H groups in total. The fourth-order valence-electron chi connectivity index (χ4n) is 9.78. The quantitative estimate of drug-likeness (QED) is 0.585. The molecule has 6 nitrogen and oxygen atoms in total. The molecular weight excluding hydrogens is 464 g/mol. The minimum atomic E-state index is -0.652. The van der Waals surface area contributed by atoms with Crippen LogP contribution in [0.1, 0.15) is 79.6 Å². The van der Waals surface area contributed by atoms with Gasteiger partial charge < -0.3 is 10.4 Å². The fraction of sp³-hybridized carbons (Fsp3) is 0.742. The number of carbonyl (C=O) groups is 3. The summed E-state index contributed by atoms with van der Waals surface area (Å²) in [5.74, 6) is 0.294. The van der Waals surface area contributed by atoms with Crippen LogP contribution in [0.3, 0.4) is 0 Å². The molecule has 0 radical (unpaired) electrons. The maximum absolute atomic E-state index is 14.1. The van der Waals surface area contributed by atoms with Crippen molar-refractivity contribution in [1.29, 1.82) is 5.26 Å². The van der Waals surface area contributed by atoms with E-state index in [0.29, 0.717) is 0 Å². The zero-order chi connectivity index (χ0) is 27.0. The van der Waals surface area contributed by atoms with Crippen LogP contribution in [-0.4, -0.2) is 35.7 Å². The lowest BCUT2D eigenvalue weighted by molar-refractivity contribution is -0.147. The molecule has 0 aromatic carbocycles. The molecule has 8 atom stereocenters. The van der Waals surface area contributed by atoms with E-state index in [-0.39, 0.29) is 76.6 Å². The van der Waals surface area contributed by atoms with Crippen molar-refractivity contribution in [2.75, 3.05) is 13.2 Å². The molecule has 0 aromatic rings. The average Bonchev–Trinajstić information content (AvgIpc) is 2.85. The number of rotatable bonds is 3. The predicted molar refractivity (Wildman–Crippen MR) is 140 cm³/mol. The lowest BCUT2D eigenvalue weighted by Crippen LogP contribution is -2.60. The first-order valence-corrected chi connectivity index (χ1v) is 14.2. The van der Waals surface area contributed by atoms with Gasteiger partial charge in [0.1, 0.15) is 6.07 Å². The Labute approximate surface area is 221 Å². The largest absolute Gasteiger partial charge is 0.395 e. The number of nitrogens with zero attached hydrogens (tertiary/aromatic N) is 1. The third kappa shape index (κ3) is 3.63. The third-order valence-corrected chi connectivity index (χ3v) is 11.7. The second kappa shape index (κ2) is 8.63. The predicted octanol–water partition coefficient (Wildman–Crippen LogP) is 4.53. The number of aliphatic hydroxyl groups is 1. The van der Waals surface area contributed by atoms with Gasteiger partial charge >= 0.3 is 0 Å². The second-order valence-corrected chi connectivity index (χ2v) is 13.9. The van der Waals surface area contributed by atoms with Gasteiger partial charge in [-0.2, -0.15) is 5.26 Å². The molecule has 0 bridgehead atoms. The Hall–Kier alpha value is -2.26. The Morgan fingerprint density at radius 1 is 1.08 bits per heavy atom. The Bertz CT molecular complexity index is 1140. The first-order chi connectivity index (χ1) is 17.3. The smallest absolute Gasteiger partial charge is 0.223 e. The van der Waals surface area contributed by atoms with Crippen LogP contribution in [0, 0.1) is 62.6 Å². The van der Waals surface area contributed by atoms with Crippen LogP contribution < -0.4 is 5.32 Å². The van der Waals surface area contributed by atoms with Gasteiger partial charge in [-0.1, -0.05) is 46.3 Å². The number of amides is 1. The summed E-state index contributed by atoms with van der Waals surface area (Å²) in [6.45, 7) is 10.9. The van der Waals surface area contributed by atoms with E-state index in [2.05, 4.69) is 32.2 Å². The highest BCUT2D eigenvalue weighted by Gasteiger charge is 2.65. The van der Waals surface area contributed by atoms with Crippen LogP contribution in [0.2, 0.25) is 0 Å². The molecule has 3 saturated carbocycles. The van der Waals surface area contributed by atoms with Crippen molar-refractivity contribution in [3.63, 3.8) is 0 Å². The van der Waals surface area contributed by atoms with Gasteiger partial charge in [0.05, 0.1) is 12.2 Å². The first-order valence-electron chi connectivity index (χ1n) is 14.2. The zero-order valence-corrected chi connectivity index (χ0v) is 23.0. The van der Waals surface area contributed by atoms with E-state index in [4.69, 9.17) is 5.11 Å². The number of ketones is 2. The summed E-state index contributed by atoms with van der Waals surface area (Å²) in [7, 11) is 0. The van der Waals surface area contributed by atoms with E-state index >= 15 is 0 Å². The highest BCUT2D eigenvalue weighted by molar-refractivity contribution is 6.04. The standard InChI is InChI=1S/C31H42N2O4/c1-28(2)23-8-11-30(4)20-7-10-29(3)9-6-18(27(37)33-12-13-34)14-21(29)25(20)22(35)15-24(30)31(23,5)16-19(17-32)26(28)36/h15-16,18,20-21,23,25,34H,6-14H2,1-5H3,(H,33,37). The van der Waals surface area contributed by atoms with E-state index in [0.717, 1.165) is 50.5 Å². The van der Waals surface area contributed by atoms with Gasteiger partial charge in [0.15, 0.2) is 11.6 Å². The number of allylic oxidation sites excluding steroid dienone is 4. The van der Waals surface area contributed by atoms with Crippen molar-refractivity contribution in [2.24, 2.45) is 51.2 Å². The summed E-state index contributed by atoms with van der Waals surface area (Å²) in [6, 6.07) is 2.16. The Morgan fingerprint density at radius 3 is 2.46 bits per heavy atom. The second-order valence-electron chi connectivity index (χ2n) is 13.9. The van der Waals surface area contributed by atoms with E-state index in [1.807, 2.05) is 26.0 Å². The van der Waals surface area contributed by atoms with Gasteiger partial charge in [0, 0.05) is 29.2 Å². The van der Waals surface area contributed by atoms with Gasteiger partial charge in [0.25, 0.3) is 0 Å². The molecule has 5 aliphatic rings. The van der Waals surface area contributed by atoms with Crippen LogP contribution in [0.15, 0.2) is 23.3 Å². The maximum atomic E-state index is 14.1. The summed E-state index contributed by atoms with van der Waals surface area (Å²) in [4.78, 5) is 40.1. The maximum Gasteiger partial charge on any atom is 0.223 e. The number of fused-ring (bicyclic) bond motifs is 7. The summed E-state index contributed by atoms with van der Waals surface area (Å²) >= 11 is 0. The topological polar surface area (TPSA) is 107 Å². The average molecular weight is 507 g/mol. The summed E-state index contributed by atoms with van der Waals surface area (Å²) in [5, 5.41) is 21.8. The van der Waals surface area contributed by atoms with Gasteiger partial charge in [-0.15, -0.1) is 0 Å². The van der Waals surface area contributed by atoms with E-state index in [9.17, 15) is 19.6 Å². The summed E-state index contributed by atoms with van der Waals surface area (Å²) < 4.78 is 0. The van der Waals surface area contributed by atoms with Crippen LogP contribution >= 0.6 is 0 Å². The monoisotopic (exact) mass is 506 g/mol. The Balaban J connectivity index is 1.55. The number of Topliss-reactive ketones (excluding diaryl/α,β-unsaturated/α-hetero) is 1. The number of nitrogens with one attached hydrogen (secondary N) is 1. The molecule has 0 aliphatic heterocycles. The summed E-state index contributed by atoms with van der Waals surface area (Å²) in [6.07, 6.45) is 10.2. The molecule has 0 heterocycles. The molecule has 0 spiro atoms. The minimum Gasteiger partial charge on any atom is -0.395 e. The lowest BCUT2D eigenvalue weighted by Gasteiger charge is -2.64. The Morgan fingerprint density at radius 2 is 1.78 bits per heavy atom. The molecule has 3 fully saturated rings. The molecule has 5 aliphatic carbocycles. The molecule has 8 unspecified atom stereocenters. The highest BCUT2D eigenvalue weighted by Crippen LogP contribution is 2.69. The van der Waals surface area contributed by atoms with Crippen molar-refractivity contribution >= 4 is 17.5 Å². The molecule has 0 saturated heterocycles. The molecule has 5 rings (SSSR count). The van der Waals surface area contributed by atoms with Gasteiger partial charge in [0.2, 0.25) is 5.91 Å². The number of aliphatic hydroxyl groups excluding tert-OH is 1. The number of nitriles is 1. The molecule has 1 amide bonds. The van der Waals surface area contributed by atoms with Gasteiger partial charge in [-0.25, -0.2) is 0 Å². The third-order valence-electron chi connectivity index (χ3n) is 11.7. The van der Waals surface area contributed by atoms with Crippen LogP contribution in [0.5, 0.6) is 0 Å². The van der Waals surface area contributed by atoms with Crippen molar-refractivity contribution in [3.05, 3.63) is 23.3 Å². The first kappa shape index (κ1) is 26.4. The fourth-order valence-corrected chi connectivity index (χ4v) is 9.78. The molecule has 200 valence electrons. The number of hydrogen-bond acceptors (Lipinski definition) is 5. The van der Waals surface area contributed by atoms with Gasteiger partial charge in [-0.3, -0.25) is 14.4 Å².